The van der Waals surface area contributed by atoms with Gasteiger partial charge in [-0.25, -0.2) is 9.59 Å². The van der Waals surface area contributed by atoms with E-state index in [0.717, 1.165) is 37.4 Å². The number of hydrogen-bond donors (Lipinski definition) is 2. The standard InChI is InChI=1S/C18H21NO2.C2H2O4/c1-2-10-19-11-12-20-16(13-19)14-21-18-9-5-7-15-6-3-4-8-17(15)18;3-1(4)2(5)6/h2-9,16H,1,10-14H2;(H,3,4)(H,5,6). The molecule has 1 aliphatic rings. The predicted octanol–water partition coefficient (Wildman–Crippen LogP) is 2.26. The van der Waals surface area contributed by atoms with Gasteiger partial charge in [0.1, 0.15) is 18.5 Å². The van der Waals surface area contributed by atoms with E-state index >= 15 is 0 Å². The lowest BCUT2D eigenvalue weighted by Gasteiger charge is -2.32. The molecule has 7 heteroatoms. The molecule has 7 nitrogen and oxygen atoms in total. The summed E-state index contributed by atoms with van der Waals surface area (Å²) < 4.78 is 11.8. The lowest BCUT2D eigenvalue weighted by Crippen LogP contribution is -2.44. The quantitative estimate of drug-likeness (QED) is 0.613. The van der Waals surface area contributed by atoms with Crippen molar-refractivity contribution < 1.29 is 29.3 Å². The Labute approximate surface area is 157 Å². The zero-order valence-electron chi connectivity index (χ0n) is 14.9. The summed E-state index contributed by atoms with van der Waals surface area (Å²) in [7, 11) is 0. The Morgan fingerprint density at radius 2 is 1.89 bits per heavy atom. The van der Waals surface area contributed by atoms with Crippen LogP contribution in [-0.4, -0.2) is 66.0 Å². The second-order valence-electron chi connectivity index (χ2n) is 5.94. The van der Waals surface area contributed by atoms with Crippen LogP contribution >= 0.6 is 0 Å². The molecule has 2 aromatic carbocycles. The fourth-order valence-corrected chi connectivity index (χ4v) is 2.73. The van der Waals surface area contributed by atoms with Gasteiger partial charge in [0.25, 0.3) is 0 Å². The molecule has 1 atom stereocenters. The summed E-state index contributed by atoms with van der Waals surface area (Å²) in [5.74, 6) is -2.72. The van der Waals surface area contributed by atoms with Crippen molar-refractivity contribution in [2.75, 3.05) is 32.8 Å². The molecular weight excluding hydrogens is 350 g/mol. The molecular formula is C20H23NO6. The van der Waals surface area contributed by atoms with Crippen molar-refractivity contribution in [2.45, 2.75) is 6.10 Å². The third-order valence-corrected chi connectivity index (χ3v) is 3.97. The number of carboxylic acids is 2. The molecule has 0 saturated carbocycles. The highest BCUT2D eigenvalue weighted by molar-refractivity contribution is 6.27. The van der Waals surface area contributed by atoms with Crippen LogP contribution in [0.25, 0.3) is 10.8 Å². The Kier molecular flexibility index (Phi) is 7.79. The third kappa shape index (κ3) is 6.40. The molecule has 27 heavy (non-hydrogen) atoms. The van der Waals surface area contributed by atoms with Crippen LogP contribution in [0.15, 0.2) is 55.1 Å². The number of ether oxygens (including phenoxy) is 2. The first-order valence-electron chi connectivity index (χ1n) is 8.53. The van der Waals surface area contributed by atoms with Crippen molar-refractivity contribution in [3.05, 3.63) is 55.1 Å². The normalized spacial score (nSPS) is 16.8. The molecule has 0 amide bonds. The Morgan fingerprint density at radius 1 is 1.19 bits per heavy atom. The molecule has 0 aliphatic carbocycles. The number of aliphatic carboxylic acids is 2. The van der Waals surface area contributed by atoms with E-state index in [2.05, 4.69) is 29.7 Å². The minimum Gasteiger partial charge on any atom is -0.490 e. The fourth-order valence-electron chi connectivity index (χ4n) is 2.73. The SMILES string of the molecule is C=CCN1CCOC(COc2cccc3ccccc23)C1.O=C(O)C(=O)O. The summed E-state index contributed by atoms with van der Waals surface area (Å²) in [5, 5.41) is 17.1. The minimum absolute atomic E-state index is 0.123. The molecule has 0 aromatic heterocycles. The molecule has 2 aromatic rings. The number of fused-ring (bicyclic) bond motifs is 1. The second-order valence-corrected chi connectivity index (χ2v) is 5.94. The molecule has 3 rings (SSSR count). The zero-order chi connectivity index (χ0) is 19.6. The van der Waals surface area contributed by atoms with E-state index in [4.69, 9.17) is 29.3 Å². The topological polar surface area (TPSA) is 96.3 Å². The summed E-state index contributed by atoms with van der Waals surface area (Å²) in [6.07, 6.45) is 2.06. The zero-order valence-corrected chi connectivity index (χ0v) is 14.9. The van der Waals surface area contributed by atoms with Crippen LogP contribution in [0.2, 0.25) is 0 Å². The van der Waals surface area contributed by atoms with E-state index in [1.54, 1.807) is 0 Å². The second kappa shape index (κ2) is 10.3. The van der Waals surface area contributed by atoms with Crippen LogP contribution in [0.4, 0.5) is 0 Å². The molecule has 1 saturated heterocycles. The van der Waals surface area contributed by atoms with Crippen molar-refractivity contribution in [2.24, 2.45) is 0 Å². The van der Waals surface area contributed by atoms with Gasteiger partial charge in [0.15, 0.2) is 0 Å². The molecule has 1 heterocycles. The number of nitrogens with zero attached hydrogens (tertiary/aromatic N) is 1. The summed E-state index contributed by atoms with van der Waals surface area (Å²) in [5.41, 5.74) is 0. The van der Waals surface area contributed by atoms with Crippen molar-refractivity contribution in [1.29, 1.82) is 0 Å². The van der Waals surface area contributed by atoms with E-state index in [0.29, 0.717) is 6.61 Å². The van der Waals surface area contributed by atoms with Crippen LogP contribution in [0.5, 0.6) is 5.75 Å². The van der Waals surface area contributed by atoms with E-state index in [9.17, 15) is 0 Å². The van der Waals surface area contributed by atoms with Gasteiger partial charge in [-0.05, 0) is 11.5 Å². The highest BCUT2D eigenvalue weighted by atomic mass is 16.5. The van der Waals surface area contributed by atoms with Gasteiger partial charge in [-0.2, -0.15) is 0 Å². The van der Waals surface area contributed by atoms with Crippen LogP contribution in [0, 0.1) is 0 Å². The summed E-state index contributed by atoms with van der Waals surface area (Å²) in [4.78, 5) is 20.5. The number of carboxylic acid groups (broad SMARTS) is 2. The first-order valence-corrected chi connectivity index (χ1v) is 8.53. The number of morpholine rings is 1. The van der Waals surface area contributed by atoms with Gasteiger partial charge in [-0.15, -0.1) is 6.58 Å². The number of hydrogen-bond acceptors (Lipinski definition) is 5. The van der Waals surface area contributed by atoms with E-state index in [1.807, 2.05) is 30.3 Å². The Bertz CT molecular complexity index is 774. The lowest BCUT2D eigenvalue weighted by atomic mass is 10.1. The van der Waals surface area contributed by atoms with Gasteiger partial charge in [-0.1, -0.05) is 42.5 Å². The van der Waals surface area contributed by atoms with Gasteiger partial charge in [0.05, 0.1) is 6.61 Å². The third-order valence-electron chi connectivity index (χ3n) is 3.97. The highest BCUT2D eigenvalue weighted by Crippen LogP contribution is 2.25. The monoisotopic (exact) mass is 373 g/mol. The smallest absolute Gasteiger partial charge is 0.414 e. The van der Waals surface area contributed by atoms with Gasteiger partial charge in [0, 0.05) is 25.0 Å². The number of benzene rings is 2. The lowest BCUT2D eigenvalue weighted by molar-refractivity contribution is -0.159. The van der Waals surface area contributed by atoms with E-state index in [1.165, 1.54) is 5.39 Å². The van der Waals surface area contributed by atoms with Crippen LogP contribution in [0.1, 0.15) is 0 Å². The van der Waals surface area contributed by atoms with Crippen LogP contribution in [0.3, 0.4) is 0 Å². The molecule has 144 valence electrons. The van der Waals surface area contributed by atoms with Gasteiger partial charge in [-0.3, -0.25) is 4.90 Å². The Hall–Kier alpha value is -2.90. The average molecular weight is 373 g/mol. The van der Waals surface area contributed by atoms with Crippen molar-refractivity contribution in [1.82, 2.24) is 4.90 Å². The maximum Gasteiger partial charge on any atom is 0.414 e. The van der Waals surface area contributed by atoms with Gasteiger partial charge >= 0.3 is 11.9 Å². The first kappa shape index (κ1) is 20.4. The Balaban J connectivity index is 0.000000380. The van der Waals surface area contributed by atoms with Crippen molar-refractivity contribution in [3.63, 3.8) is 0 Å². The largest absolute Gasteiger partial charge is 0.490 e. The molecule has 1 fully saturated rings. The number of rotatable bonds is 5. The van der Waals surface area contributed by atoms with Crippen LogP contribution < -0.4 is 4.74 Å². The minimum atomic E-state index is -1.82. The maximum absolute atomic E-state index is 9.10. The summed E-state index contributed by atoms with van der Waals surface area (Å²) in [6, 6.07) is 14.4. The van der Waals surface area contributed by atoms with Crippen molar-refractivity contribution in [3.8, 4) is 5.75 Å². The number of carbonyl (C=O) groups is 2. The van der Waals surface area contributed by atoms with Gasteiger partial charge < -0.3 is 19.7 Å². The molecule has 0 spiro atoms. The molecule has 1 aliphatic heterocycles. The predicted molar refractivity (Wildman–Crippen MR) is 101 cm³/mol. The molecule has 0 bridgehead atoms. The Morgan fingerprint density at radius 3 is 2.59 bits per heavy atom. The average Bonchev–Trinajstić information content (AvgIpc) is 2.67. The fraction of sp³-hybridized carbons (Fsp3) is 0.300. The first-order chi connectivity index (χ1) is 13.0. The molecule has 2 N–H and O–H groups in total. The van der Waals surface area contributed by atoms with E-state index in [-0.39, 0.29) is 6.10 Å². The van der Waals surface area contributed by atoms with Gasteiger partial charge in [0.2, 0.25) is 0 Å². The molecule has 0 radical (unpaired) electrons. The van der Waals surface area contributed by atoms with E-state index < -0.39 is 11.9 Å². The summed E-state index contributed by atoms with van der Waals surface area (Å²) in [6.45, 7) is 7.92. The van der Waals surface area contributed by atoms with Crippen LogP contribution in [-0.2, 0) is 14.3 Å². The molecule has 1 unspecified atom stereocenters. The van der Waals surface area contributed by atoms with Crippen molar-refractivity contribution >= 4 is 22.7 Å². The maximum atomic E-state index is 9.10. The highest BCUT2D eigenvalue weighted by Gasteiger charge is 2.20. The summed E-state index contributed by atoms with van der Waals surface area (Å²) >= 11 is 0.